The normalized spacial score (nSPS) is 16.4. The van der Waals surface area contributed by atoms with E-state index in [9.17, 15) is 4.57 Å². The van der Waals surface area contributed by atoms with Gasteiger partial charge in [0.1, 0.15) is 0 Å². The van der Waals surface area contributed by atoms with E-state index in [0.29, 0.717) is 5.31 Å². The third-order valence-electron chi connectivity index (χ3n) is 1.96. The molecule has 1 atom stereocenters. The van der Waals surface area contributed by atoms with Gasteiger partial charge >= 0.3 is 0 Å². The Balaban J connectivity index is 3.14. The van der Waals surface area contributed by atoms with Crippen LogP contribution in [0.15, 0.2) is 35.3 Å². The first kappa shape index (κ1) is 11.7. The average Bonchev–Trinajstić information content (AvgIpc) is 2.20. The zero-order valence-electron chi connectivity index (χ0n) is 8.11. The van der Waals surface area contributed by atoms with E-state index in [-0.39, 0.29) is 0 Å². The third-order valence-corrected chi connectivity index (χ3v) is 4.73. The Morgan fingerprint density at radius 3 is 2.43 bits per heavy atom. The van der Waals surface area contributed by atoms with E-state index in [1.807, 2.05) is 30.3 Å². The van der Waals surface area contributed by atoms with Crippen LogP contribution in [0.5, 0.6) is 0 Å². The largest absolute Gasteiger partial charge is 0.329 e. The molecule has 0 saturated heterocycles. The highest BCUT2D eigenvalue weighted by Crippen LogP contribution is 2.55. The minimum Gasteiger partial charge on any atom is -0.329 e. The van der Waals surface area contributed by atoms with Crippen molar-refractivity contribution < 1.29 is 9.09 Å². The minimum atomic E-state index is -2.69. The number of halogens is 1. The average molecular weight is 275 g/mol. The number of hydrogen-bond acceptors (Lipinski definition) is 2. The Hall–Kier alpha value is -0.370. The van der Waals surface area contributed by atoms with Crippen LogP contribution in [-0.2, 0) is 9.09 Å². The van der Waals surface area contributed by atoms with Gasteiger partial charge in [-0.2, -0.15) is 0 Å². The van der Waals surface area contributed by atoms with E-state index in [4.69, 9.17) is 4.52 Å². The lowest BCUT2D eigenvalue weighted by molar-refractivity contribution is 0.409. The fourth-order valence-electron chi connectivity index (χ4n) is 1.09. The first-order valence-electron chi connectivity index (χ1n) is 4.11. The van der Waals surface area contributed by atoms with E-state index in [0.717, 1.165) is 5.56 Å². The van der Waals surface area contributed by atoms with Gasteiger partial charge in [0.25, 0.3) is 0 Å². The van der Waals surface area contributed by atoms with Crippen LogP contribution in [0.1, 0.15) is 5.56 Å². The Morgan fingerprint density at radius 2 is 2.00 bits per heavy atom. The quantitative estimate of drug-likeness (QED) is 0.781. The lowest BCUT2D eigenvalue weighted by atomic mass is 10.2. The minimum absolute atomic E-state index is 0.695. The van der Waals surface area contributed by atoms with Gasteiger partial charge in [-0.15, -0.1) is 0 Å². The molecule has 0 radical (unpaired) electrons. The highest BCUT2D eigenvalue weighted by Gasteiger charge is 2.21. The van der Waals surface area contributed by atoms with Crippen molar-refractivity contribution >= 4 is 28.6 Å². The molecule has 0 bridgehead atoms. The van der Waals surface area contributed by atoms with Crippen molar-refractivity contribution in [1.29, 1.82) is 0 Å². The van der Waals surface area contributed by atoms with E-state index in [1.54, 1.807) is 11.7 Å². The summed E-state index contributed by atoms with van der Waals surface area (Å²) in [7, 11) is -1.23. The molecule has 0 aliphatic rings. The highest BCUT2D eigenvalue weighted by molar-refractivity contribution is 9.11. The van der Waals surface area contributed by atoms with Gasteiger partial charge in [-0.25, -0.2) is 0 Å². The molecule has 2 nitrogen and oxygen atoms in total. The molecule has 0 N–H and O–H groups in total. The van der Waals surface area contributed by atoms with Gasteiger partial charge in [-0.05, 0) is 10.5 Å². The first-order valence-corrected chi connectivity index (χ1v) is 7.10. The molecule has 76 valence electrons. The second-order valence-electron chi connectivity index (χ2n) is 2.89. The summed E-state index contributed by atoms with van der Waals surface area (Å²) in [4.78, 5) is 1.66. The molecule has 0 amide bonds. The summed E-state index contributed by atoms with van der Waals surface area (Å²) in [6.07, 6.45) is 0. The summed E-state index contributed by atoms with van der Waals surface area (Å²) in [5.41, 5.74) is 0.914. The van der Waals surface area contributed by atoms with E-state index in [2.05, 4.69) is 15.9 Å². The Kier molecular flexibility index (Phi) is 4.11. The van der Waals surface area contributed by atoms with Crippen LogP contribution in [-0.4, -0.2) is 13.8 Å². The summed E-state index contributed by atoms with van der Waals surface area (Å²) >= 11 is 3.21. The fourth-order valence-corrected chi connectivity index (χ4v) is 3.47. The zero-order valence-corrected chi connectivity index (χ0v) is 10.6. The van der Waals surface area contributed by atoms with E-state index in [1.165, 1.54) is 7.11 Å². The SMILES string of the molecule is COP(C)(=O)C(=CBr)c1ccccc1. The monoisotopic (exact) mass is 274 g/mol. The van der Waals surface area contributed by atoms with Crippen molar-refractivity contribution in [3.05, 3.63) is 40.9 Å². The summed E-state index contributed by atoms with van der Waals surface area (Å²) < 4.78 is 17.0. The molecule has 0 aromatic heterocycles. The molecule has 0 aliphatic carbocycles. The molecule has 1 rings (SSSR count). The molecule has 1 unspecified atom stereocenters. The molecule has 0 heterocycles. The number of rotatable bonds is 3. The molecule has 0 fully saturated rings. The van der Waals surface area contributed by atoms with Crippen molar-refractivity contribution in [2.75, 3.05) is 13.8 Å². The number of hydrogen-bond donors (Lipinski definition) is 0. The topological polar surface area (TPSA) is 26.3 Å². The second kappa shape index (κ2) is 4.92. The highest BCUT2D eigenvalue weighted by atomic mass is 79.9. The summed E-state index contributed by atoms with van der Waals surface area (Å²) in [6.45, 7) is 1.60. The molecule has 4 heteroatoms. The van der Waals surface area contributed by atoms with Crippen LogP contribution >= 0.6 is 23.3 Å². The molecular formula is C10H12BrO2P. The lowest BCUT2D eigenvalue weighted by Gasteiger charge is -2.14. The molecule has 0 spiro atoms. The van der Waals surface area contributed by atoms with Crippen LogP contribution in [0, 0.1) is 0 Å². The van der Waals surface area contributed by atoms with Gasteiger partial charge in [0, 0.05) is 13.8 Å². The van der Waals surface area contributed by atoms with Crippen molar-refractivity contribution in [1.82, 2.24) is 0 Å². The van der Waals surface area contributed by atoms with Crippen LogP contribution in [0.3, 0.4) is 0 Å². The molecule has 0 aliphatic heterocycles. The molecule has 1 aromatic carbocycles. The number of benzene rings is 1. The Bertz CT molecular complexity index is 373. The van der Waals surface area contributed by atoms with Crippen molar-refractivity contribution in [2.24, 2.45) is 0 Å². The maximum atomic E-state index is 12.0. The van der Waals surface area contributed by atoms with Crippen molar-refractivity contribution in [3.8, 4) is 0 Å². The smallest absolute Gasteiger partial charge is 0.230 e. The van der Waals surface area contributed by atoms with E-state index < -0.39 is 7.37 Å². The summed E-state index contributed by atoms with van der Waals surface area (Å²) in [5, 5.41) is 0.695. The van der Waals surface area contributed by atoms with Crippen LogP contribution in [0.2, 0.25) is 0 Å². The molecular weight excluding hydrogens is 263 g/mol. The van der Waals surface area contributed by atoms with Crippen LogP contribution < -0.4 is 0 Å². The van der Waals surface area contributed by atoms with Gasteiger partial charge in [-0.1, -0.05) is 46.3 Å². The van der Waals surface area contributed by atoms with Crippen molar-refractivity contribution in [3.63, 3.8) is 0 Å². The van der Waals surface area contributed by atoms with Gasteiger partial charge in [0.05, 0.1) is 5.31 Å². The first-order chi connectivity index (χ1) is 6.61. The predicted octanol–water partition coefficient (Wildman–Crippen LogP) is 3.93. The standard InChI is InChI=1S/C10H12BrO2P/c1-13-14(2,12)10(8-11)9-6-4-3-5-7-9/h3-8H,1-2H3. The molecule has 0 saturated carbocycles. The van der Waals surface area contributed by atoms with Gasteiger partial charge < -0.3 is 4.52 Å². The van der Waals surface area contributed by atoms with Crippen LogP contribution in [0.4, 0.5) is 0 Å². The zero-order chi connectivity index (χ0) is 10.6. The van der Waals surface area contributed by atoms with Crippen LogP contribution in [0.25, 0.3) is 5.31 Å². The van der Waals surface area contributed by atoms with Gasteiger partial charge in [0.2, 0.25) is 7.37 Å². The Labute approximate surface area is 92.6 Å². The Morgan fingerprint density at radius 1 is 1.43 bits per heavy atom. The lowest BCUT2D eigenvalue weighted by Crippen LogP contribution is -1.87. The van der Waals surface area contributed by atoms with E-state index >= 15 is 0 Å². The second-order valence-corrected chi connectivity index (χ2v) is 5.89. The summed E-state index contributed by atoms with van der Waals surface area (Å²) in [5.74, 6) is 0. The maximum Gasteiger partial charge on any atom is 0.230 e. The maximum absolute atomic E-state index is 12.0. The molecule has 1 aromatic rings. The predicted molar refractivity (Wildman–Crippen MR) is 63.9 cm³/mol. The molecule has 14 heavy (non-hydrogen) atoms. The fraction of sp³-hybridized carbons (Fsp3) is 0.200. The van der Waals surface area contributed by atoms with Gasteiger partial charge in [0.15, 0.2) is 0 Å². The third kappa shape index (κ3) is 2.57. The van der Waals surface area contributed by atoms with Gasteiger partial charge in [-0.3, -0.25) is 4.57 Å². The summed E-state index contributed by atoms with van der Waals surface area (Å²) in [6, 6.07) is 9.54. The van der Waals surface area contributed by atoms with Crippen molar-refractivity contribution in [2.45, 2.75) is 0 Å².